The van der Waals surface area contributed by atoms with E-state index in [1.807, 2.05) is 23.9 Å². The number of aromatic carboxylic acids is 1. The first kappa shape index (κ1) is 25.2. The van der Waals surface area contributed by atoms with Gasteiger partial charge in [0.25, 0.3) is 0 Å². The Morgan fingerprint density at radius 3 is 2.62 bits per heavy atom. The molecule has 0 spiro atoms. The number of aromatic nitrogens is 2. The number of hydrogen-bond acceptors (Lipinski definition) is 5. The fourth-order valence-corrected chi connectivity index (χ4v) is 6.03. The molecule has 1 amide bonds. The van der Waals surface area contributed by atoms with Crippen LogP contribution in [0.25, 0.3) is 16.6 Å². The molecule has 0 bridgehead atoms. The summed E-state index contributed by atoms with van der Waals surface area (Å²) in [7, 11) is 1.43. The summed E-state index contributed by atoms with van der Waals surface area (Å²) in [5.41, 5.74) is 3.39. The fraction of sp³-hybridized carbons (Fsp3) is 0.464. The SMILES string of the molecule is COC(=O)N1CCC(CN2CC[C@@H](Cc3cn(-c4ccc(F)cc4C(=O)O)c4cncc(C)c34)C2)CC1. The van der Waals surface area contributed by atoms with E-state index >= 15 is 0 Å². The largest absolute Gasteiger partial charge is 0.478 e. The van der Waals surface area contributed by atoms with Crippen LogP contribution in [0.3, 0.4) is 0 Å². The van der Waals surface area contributed by atoms with E-state index in [9.17, 15) is 19.1 Å². The van der Waals surface area contributed by atoms with Gasteiger partial charge in [-0.3, -0.25) is 4.98 Å². The second kappa shape index (κ2) is 10.5. The van der Waals surface area contributed by atoms with Crippen LogP contribution in [0.15, 0.2) is 36.8 Å². The van der Waals surface area contributed by atoms with Crippen LogP contribution >= 0.6 is 0 Å². The number of halogens is 1. The molecule has 2 fully saturated rings. The van der Waals surface area contributed by atoms with Gasteiger partial charge in [-0.25, -0.2) is 14.0 Å². The zero-order valence-electron chi connectivity index (χ0n) is 21.3. The number of piperidine rings is 1. The Bertz CT molecular complexity index is 1310. The molecule has 2 aromatic heterocycles. The number of fused-ring (bicyclic) bond motifs is 1. The number of nitrogens with zero attached hydrogens (tertiary/aromatic N) is 4. The quantitative estimate of drug-likeness (QED) is 0.527. The van der Waals surface area contributed by atoms with Gasteiger partial charge in [0.15, 0.2) is 0 Å². The highest BCUT2D eigenvalue weighted by molar-refractivity contribution is 5.94. The Labute approximate surface area is 215 Å². The number of carbonyl (C=O) groups excluding carboxylic acids is 1. The summed E-state index contributed by atoms with van der Waals surface area (Å²) in [6.07, 6.45) is 9.34. The molecule has 37 heavy (non-hydrogen) atoms. The Morgan fingerprint density at radius 1 is 1.14 bits per heavy atom. The number of aryl methyl sites for hydroxylation is 1. The van der Waals surface area contributed by atoms with E-state index in [1.165, 1.54) is 19.2 Å². The molecule has 1 N–H and O–H groups in total. The Kier molecular flexibility index (Phi) is 7.15. The summed E-state index contributed by atoms with van der Waals surface area (Å²) in [5, 5.41) is 10.8. The lowest BCUT2D eigenvalue weighted by Crippen LogP contribution is -2.41. The zero-order valence-corrected chi connectivity index (χ0v) is 21.3. The molecule has 196 valence electrons. The van der Waals surface area contributed by atoms with Crippen molar-refractivity contribution in [2.45, 2.75) is 32.6 Å². The Morgan fingerprint density at radius 2 is 1.89 bits per heavy atom. The molecule has 2 aliphatic rings. The normalized spacial score (nSPS) is 19.0. The summed E-state index contributed by atoms with van der Waals surface area (Å²) < 4.78 is 20.5. The van der Waals surface area contributed by atoms with Crippen LogP contribution in [0, 0.1) is 24.6 Å². The van der Waals surface area contributed by atoms with Crippen molar-refractivity contribution in [2.24, 2.45) is 11.8 Å². The molecular formula is C28H33FN4O4. The third-order valence-corrected chi connectivity index (χ3v) is 7.87. The number of pyridine rings is 1. The highest BCUT2D eigenvalue weighted by Crippen LogP contribution is 2.32. The number of likely N-dealkylation sites (tertiary alicyclic amines) is 2. The number of amides is 1. The maximum Gasteiger partial charge on any atom is 0.409 e. The molecule has 1 atom stereocenters. The van der Waals surface area contributed by atoms with E-state index in [0.717, 1.165) is 86.5 Å². The van der Waals surface area contributed by atoms with Crippen LogP contribution in [-0.2, 0) is 11.2 Å². The molecule has 0 unspecified atom stereocenters. The van der Waals surface area contributed by atoms with E-state index in [1.54, 1.807) is 11.1 Å². The second-order valence-corrected chi connectivity index (χ2v) is 10.4. The van der Waals surface area contributed by atoms with Crippen molar-refractivity contribution >= 4 is 23.0 Å². The van der Waals surface area contributed by atoms with Crippen LogP contribution in [0.4, 0.5) is 9.18 Å². The predicted molar refractivity (Wildman–Crippen MR) is 138 cm³/mol. The van der Waals surface area contributed by atoms with E-state index < -0.39 is 11.8 Å². The minimum absolute atomic E-state index is 0.0738. The molecule has 5 rings (SSSR count). The molecule has 8 nitrogen and oxygen atoms in total. The van der Waals surface area contributed by atoms with Crippen molar-refractivity contribution < 1.29 is 23.8 Å². The number of benzene rings is 1. The van der Waals surface area contributed by atoms with Crippen molar-refractivity contribution in [1.82, 2.24) is 19.4 Å². The van der Waals surface area contributed by atoms with Gasteiger partial charge in [-0.1, -0.05) is 0 Å². The lowest BCUT2D eigenvalue weighted by atomic mass is 9.96. The van der Waals surface area contributed by atoms with Crippen molar-refractivity contribution in [3.63, 3.8) is 0 Å². The van der Waals surface area contributed by atoms with Crippen LogP contribution in [0.5, 0.6) is 0 Å². The third-order valence-electron chi connectivity index (χ3n) is 7.87. The van der Waals surface area contributed by atoms with Gasteiger partial charge in [-0.2, -0.15) is 0 Å². The molecule has 2 aliphatic heterocycles. The number of ether oxygens (including phenoxy) is 1. The first-order valence-electron chi connectivity index (χ1n) is 12.9. The smallest absolute Gasteiger partial charge is 0.409 e. The summed E-state index contributed by atoms with van der Waals surface area (Å²) in [6.45, 7) is 6.65. The molecule has 0 radical (unpaired) electrons. The van der Waals surface area contributed by atoms with Gasteiger partial charge in [-0.15, -0.1) is 0 Å². The topological polar surface area (TPSA) is 87.9 Å². The van der Waals surface area contributed by atoms with Crippen molar-refractivity contribution in [3.8, 4) is 5.69 Å². The third kappa shape index (κ3) is 5.18. The zero-order chi connectivity index (χ0) is 26.1. The van der Waals surface area contributed by atoms with Crippen molar-refractivity contribution in [2.75, 3.05) is 39.8 Å². The minimum atomic E-state index is -1.16. The molecule has 1 aromatic carbocycles. The summed E-state index contributed by atoms with van der Waals surface area (Å²) in [4.78, 5) is 32.3. The maximum atomic E-state index is 13.8. The lowest BCUT2D eigenvalue weighted by Gasteiger charge is -2.33. The van der Waals surface area contributed by atoms with E-state index in [2.05, 4.69) is 9.88 Å². The number of carboxylic acids is 1. The Balaban J connectivity index is 1.32. The van der Waals surface area contributed by atoms with Crippen LogP contribution < -0.4 is 0 Å². The van der Waals surface area contributed by atoms with Crippen LogP contribution in [0.1, 0.15) is 40.7 Å². The van der Waals surface area contributed by atoms with Gasteiger partial charge in [0.1, 0.15) is 5.82 Å². The highest BCUT2D eigenvalue weighted by Gasteiger charge is 2.29. The molecular weight excluding hydrogens is 475 g/mol. The molecule has 9 heteroatoms. The maximum absolute atomic E-state index is 13.8. The minimum Gasteiger partial charge on any atom is -0.478 e. The number of rotatable bonds is 6. The van der Waals surface area contributed by atoms with E-state index in [-0.39, 0.29) is 11.7 Å². The molecule has 0 saturated carbocycles. The standard InChI is InChI=1S/C28H33FN4O4/c1-18-13-30-14-25-26(18)21(17-33(25)24-4-3-22(29)12-23(24)27(34)35)11-20-5-8-31(16-20)15-19-6-9-32(10-7-19)28(36)37-2/h3-4,12-14,17,19-20H,5-11,15-16H2,1-2H3,(H,34,35)/t20-/m0/s1. The van der Waals surface area contributed by atoms with Gasteiger partial charge >= 0.3 is 12.1 Å². The summed E-state index contributed by atoms with van der Waals surface area (Å²) in [6, 6.07) is 3.88. The van der Waals surface area contributed by atoms with Gasteiger partial charge < -0.3 is 24.2 Å². The van der Waals surface area contributed by atoms with Gasteiger partial charge in [-0.05, 0) is 80.3 Å². The summed E-state index contributed by atoms with van der Waals surface area (Å²) in [5.74, 6) is -0.659. The van der Waals surface area contributed by atoms with Gasteiger partial charge in [0.05, 0.1) is 30.1 Å². The van der Waals surface area contributed by atoms with Crippen molar-refractivity contribution in [3.05, 3.63) is 59.3 Å². The first-order valence-corrected chi connectivity index (χ1v) is 12.9. The monoisotopic (exact) mass is 508 g/mol. The summed E-state index contributed by atoms with van der Waals surface area (Å²) >= 11 is 0. The highest BCUT2D eigenvalue weighted by atomic mass is 19.1. The van der Waals surface area contributed by atoms with Crippen LogP contribution in [-0.4, -0.2) is 76.4 Å². The molecule has 0 aliphatic carbocycles. The average molecular weight is 509 g/mol. The molecule has 3 aromatic rings. The lowest BCUT2D eigenvalue weighted by molar-refractivity contribution is 0.0696. The Hall–Kier alpha value is -3.46. The van der Waals surface area contributed by atoms with E-state index in [4.69, 9.17) is 4.74 Å². The number of methoxy groups -OCH3 is 1. The molecule has 4 heterocycles. The van der Waals surface area contributed by atoms with Crippen LogP contribution in [0.2, 0.25) is 0 Å². The van der Waals surface area contributed by atoms with E-state index in [0.29, 0.717) is 17.5 Å². The first-order chi connectivity index (χ1) is 17.8. The van der Waals surface area contributed by atoms with Gasteiger partial charge in [0.2, 0.25) is 0 Å². The predicted octanol–water partition coefficient (Wildman–Crippen LogP) is 4.51. The molecule has 2 saturated heterocycles. The number of hydrogen-bond donors (Lipinski definition) is 1. The number of carboxylic acid groups (broad SMARTS) is 1. The van der Waals surface area contributed by atoms with Gasteiger partial charge in [0, 0.05) is 44.0 Å². The second-order valence-electron chi connectivity index (χ2n) is 10.4. The fourth-order valence-electron chi connectivity index (χ4n) is 6.03. The van der Waals surface area contributed by atoms with Crippen molar-refractivity contribution in [1.29, 1.82) is 0 Å². The average Bonchev–Trinajstić information content (AvgIpc) is 3.49. The number of carbonyl (C=O) groups is 2.